The lowest BCUT2D eigenvalue weighted by Gasteiger charge is -2.22. The third-order valence-corrected chi connectivity index (χ3v) is 5.72. The smallest absolute Gasteiger partial charge is 0.269 e. The van der Waals surface area contributed by atoms with Crippen molar-refractivity contribution in [3.05, 3.63) is 63.7 Å². The second-order valence-electron chi connectivity index (χ2n) is 5.65. The molecule has 0 spiro atoms. The minimum Gasteiger partial charge on any atom is -0.494 e. The average molecular weight is 438 g/mol. The summed E-state index contributed by atoms with van der Waals surface area (Å²) in [5.41, 5.74) is 5.38. The fourth-order valence-corrected chi connectivity index (χ4v) is 3.57. The Balaban J connectivity index is 0.00000392. The lowest BCUT2D eigenvalue weighted by Crippen LogP contribution is -2.34. The summed E-state index contributed by atoms with van der Waals surface area (Å²) in [7, 11) is -1.63. The first-order valence-corrected chi connectivity index (χ1v) is 9.01. The Kier molecular flexibility index (Phi) is 7.82. The number of nitro groups is 1. The first-order valence-electron chi connectivity index (χ1n) is 7.57. The maximum Gasteiger partial charge on any atom is 0.269 e. The molecular formula is C16H18ClF2N3O5S. The SMILES string of the molecule is COc1cc(F)c([C@@H](N)CN(C)S(=O)(=O)c2ccc([N+](=O)[O-])cc2)cc1F.Cl. The molecule has 2 aromatic carbocycles. The number of non-ortho nitro benzene ring substituents is 1. The maximum atomic E-state index is 14.1. The van der Waals surface area contributed by atoms with Gasteiger partial charge in [-0.15, -0.1) is 12.4 Å². The Morgan fingerprint density at radius 3 is 2.29 bits per heavy atom. The van der Waals surface area contributed by atoms with E-state index >= 15 is 0 Å². The summed E-state index contributed by atoms with van der Waals surface area (Å²) in [6.07, 6.45) is 0. The number of hydrogen-bond donors (Lipinski definition) is 1. The van der Waals surface area contributed by atoms with Crippen LogP contribution in [-0.2, 0) is 10.0 Å². The predicted molar refractivity (Wildman–Crippen MR) is 100.0 cm³/mol. The highest BCUT2D eigenvalue weighted by molar-refractivity contribution is 7.89. The van der Waals surface area contributed by atoms with Crippen LogP contribution in [0.4, 0.5) is 14.5 Å². The van der Waals surface area contributed by atoms with Gasteiger partial charge in [0.2, 0.25) is 10.0 Å². The van der Waals surface area contributed by atoms with Crippen LogP contribution in [0, 0.1) is 21.7 Å². The summed E-state index contributed by atoms with van der Waals surface area (Å²) in [5.74, 6) is -1.96. The van der Waals surface area contributed by atoms with E-state index in [9.17, 15) is 27.3 Å². The number of methoxy groups -OCH3 is 1. The number of benzene rings is 2. The summed E-state index contributed by atoms with van der Waals surface area (Å²) < 4.78 is 58.5. The number of nitrogens with two attached hydrogens (primary N) is 1. The average Bonchev–Trinajstić information content (AvgIpc) is 2.62. The van der Waals surface area contributed by atoms with Crippen molar-refractivity contribution in [1.29, 1.82) is 0 Å². The summed E-state index contributed by atoms with van der Waals surface area (Å²) in [6.45, 7) is -0.345. The zero-order chi connectivity index (χ0) is 20.4. The highest BCUT2D eigenvalue weighted by Crippen LogP contribution is 2.26. The molecule has 0 saturated carbocycles. The molecule has 154 valence electrons. The van der Waals surface area contributed by atoms with Gasteiger partial charge in [0, 0.05) is 43.4 Å². The van der Waals surface area contributed by atoms with E-state index in [-0.39, 0.29) is 40.8 Å². The molecule has 12 heteroatoms. The molecule has 0 amide bonds. The first-order chi connectivity index (χ1) is 12.6. The highest BCUT2D eigenvalue weighted by Gasteiger charge is 2.25. The Morgan fingerprint density at radius 1 is 1.21 bits per heavy atom. The van der Waals surface area contributed by atoms with Gasteiger partial charge in [0.25, 0.3) is 5.69 Å². The van der Waals surface area contributed by atoms with Gasteiger partial charge < -0.3 is 10.5 Å². The van der Waals surface area contributed by atoms with E-state index in [1.54, 1.807) is 0 Å². The van der Waals surface area contributed by atoms with Crippen molar-refractivity contribution in [2.75, 3.05) is 20.7 Å². The molecule has 0 bridgehead atoms. The van der Waals surface area contributed by atoms with E-state index in [4.69, 9.17) is 5.73 Å². The van der Waals surface area contributed by atoms with Crippen molar-refractivity contribution in [2.24, 2.45) is 5.73 Å². The molecule has 28 heavy (non-hydrogen) atoms. The van der Waals surface area contributed by atoms with Crippen LogP contribution in [-0.4, -0.2) is 38.3 Å². The van der Waals surface area contributed by atoms with Crippen LogP contribution in [0.15, 0.2) is 41.3 Å². The van der Waals surface area contributed by atoms with Crippen molar-refractivity contribution in [2.45, 2.75) is 10.9 Å². The van der Waals surface area contributed by atoms with Crippen molar-refractivity contribution in [3.63, 3.8) is 0 Å². The normalized spacial score (nSPS) is 12.4. The zero-order valence-corrected chi connectivity index (χ0v) is 16.5. The van der Waals surface area contributed by atoms with Gasteiger partial charge >= 0.3 is 0 Å². The summed E-state index contributed by atoms with van der Waals surface area (Å²) in [5, 5.41) is 10.7. The number of nitrogens with zero attached hydrogens (tertiary/aromatic N) is 2. The quantitative estimate of drug-likeness (QED) is 0.525. The standard InChI is InChI=1S/C16H17F2N3O5S.ClH/c1-20(27(24,25)11-5-3-10(4-6-11)21(22)23)9-15(19)12-7-14(18)16(26-2)8-13(12)17;/h3-8,15H,9,19H2,1-2H3;1H/t15-;/m0./s1. The fraction of sp³-hybridized carbons (Fsp3) is 0.250. The van der Waals surface area contributed by atoms with E-state index in [0.29, 0.717) is 0 Å². The Morgan fingerprint density at radius 2 is 1.79 bits per heavy atom. The van der Waals surface area contributed by atoms with E-state index in [2.05, 4.69) is 4.74 Å². The number of nitro benzene ring substituents is 1. The number of halogens is 3. The third-order valence-electron chi connectivity index (χ3n) is 3.88. The lowest BCUT2D eigenvalue weighted by molar-refractivity contribution is -0.384. The molecule has 0 saturated heterocycles. The van der Waals surface area contributed by atoms with Crippen LogP contribution in [0.25, 0.3) is 0 Å². The second-order valence-corrected chi connectivity index (χ2v) is 7.70. The largest absolute Gasteiger partial charge is 0.494 e. The third kappa shape index (κ3) is 4.93. The first kappa shape index (κ1) is 23.7. The number of rotatable bonds is 7. The van der Waals surface area contributed by atoms with Gasteiger partial charge in [-0.1, -0.05) is 0 Å². The van der Waals surface area contributed by atoms with E-state index in [1.807, 2.05) is 0 Å². The Labute approximate surface area is 166 Å². The van der Waals surface area contributed by atoms with Gasteiger partial charge in [-0.3, -0.25) is 10.1 Å². The van der Waals surface area contributed by atoms with Gasteiger partial charge in [-0.2, -0.15) is 4.31 Å². The molecule has 8 nitrogen and oxygen atoms in total. The van der Waals surface area contributed by atoms with E-state index < -0.39 is 32.6 Å². The van der Waals surface area contributed by atoms with Gasteiger partial charge in [-0.25, -0.2) is 17.2 Å². The predicted octanol–water partition coefficient (Wildman–Crippen LogP) is 2.62. The van der Waals surface area contributed by atoms with Crippen molar-refractivity contribution < 1.29 is 26.9 Å². The molecule has 0 aliphatic heterocycles. The van der Waals surface area contributed by atoms with Crippen LogP contribution < -0.4 is 10.5 Å². The van der Waals surface area contributed by atoms with Gasteiger partial charge in [-0.05, 0) is 18.2 Å². The molecule has 0 aliphatic carbocycles. The molecular weight excluding hydrogens is 420 g/mol. The van der Waals surface area contributed by atoms with Crippen LogP contribution >= 0.6 is 12.4 Å². The Bertz CT molecular complexity index is 957. The van der Waals surface area contributed by atoms with Crippen LogP contribution in [0.5, 0.6) is 5.75 Å². The topological polar surface area (TPSA) is 116 Å². The lowest BCUT2D eigenvalue weighted by atomic mass is 10.1. The Hall–Kier alpha value is -2.34. The van der Waals surface area contributed by atoms with Crippen molar-refractivity contribution in [1.82, 2.24) is 4.31 Å². The molecule has 2 aromatic rings. The van der Waals surface area contributed by atoms with Crippen molar-refractivity contribution >= 4 is 28.1 Å². The summed E-state index contributed by atoms with van der Waals surface area (Å²) in [4.78, 5) is 9.81. The molecule has 2 rings (SSSR count). The van der Waals surface area contributed by atoms with Gasteiger partial charge in [0.15, 0.2) is 11.6 Å². The van der Waals surface area contributed by atoms with Gasteiger partial charge in [0.1, 0.15) is 5.82 Å². The summed E-state index contributed by atoms with van der Waals surface area (Å²) in [6, 6.07) is 4.81. The number of likely N-dealkylation sites (N-methyl/N-ethyl adjacent to an activating group) is 1. The van der Waals surface area contributed by atoms with Crippen LogP contribution in [0.2, 0.25) is 0 Å². The molecule has 0 aromatic heterocycles. The van der Waals surface area contributed by atoms with Gasteiger partial charge in [0.05, 0.1) is 16.9 Å². The fourth-order valence-electron chi connectivity index (χ4n) is 2.38. The maximum absolute atomic E-state index is 14.1. The minimum absolute atomic E-state index is 0. The van der Waals surface area contributed by atoms with Crippen molar-refractivity contribution in [3.8, 4) is 5.75 Å². The molecule has 0 aliphatic rings. The monoisotopic (exact) mass is 437 g/mol. The second kappa shape index (κ2) is 9.24. The number of sulfonamides is 1. The minimum atomic E-state index is -4.03. The zero-order valence-electron chi connectivity index (χ0n) is 14.8. The van der Waals surface area contributed by atoms with Crippen LogP contribution in [0.3, 0.4) is 0 Å². The highest BCUT2D eigenvalue weighted by atomic mass is 35.5. The van der Waals surface area contributed by atoms with Crippen LogP contribution in [0.1, 0.15) is 11.6 Å². The van der Waals surface area contributed by atoms with E-state index in [1.165, 1.54) is 14.2 Å². The molecule has 0 unspecified atom stereocenters. The summed E-state index contributed by atoms with van der Waals surface area (Å²) >= 11 is 0. The molecule has 1 atom stereocenters. The molecule has 0 heterocycles. The van der Waals surface area contributed by atoms with E-state index in [0.717, 1.165) is 40.7 Å². The molecule has 2 N–H and O–H groups in total. The number of hydrogen-bond acceptors (Lipinski definition) is 6. The number of ether oxygens (including phenoxy) is 1. The molecule has 0 radical (unpaired) electrons. The molecule has 0 fully saturated rings.